The first-order valence-corrected chi connectivity index (χ1v) is 6.80. The van der Waals surface area contributed by atoms with Crippen molar-refractivity contribution in [2.45, 2.75) is 32.1 Å². The number of fused-ring (bicyclic) bond motifs is 1. The molecule has 2 heteroatoms. The van der Waals surface area contributed by atoms with Gasteiger partial charge in [-0.15, -0.1) is 0 Å². The first-order valence-electron chi connectivity index (χ1n) is 6.80. The molecular formula is C16H22N2. The second-order valence-electron chi connectivity index (χ2n) is 5.85. The second-order valence-corrected chi connectivity index (χ2v) is 5.85. The van der Waals surface area contributed by atoms with Crippen LogP contribution in [0.4, 0.5) is 0 Å². The Morgan fingerprint density at radius 1 is 1.28 bits per heavy atom. The fraction of sp³-hybridized carbons (Fsp3) is 0.500. The summed E-state index contributed by atoms with van der Waals surface area (Å²) in [6, 6.07) is 6.85. The predicted octanol–water partition coefficient (Wildman–Crippen LogP) is 3.05. The summed E-state index contributed by atoms with van der Waals surface area (Å²) in [6.07, 6.45) is 2.64. The summed E-state index contributed by atoms with van der Waals surface area (Å²) in [4.78, 5) is 0. The van der Waals surface area contributed by atoms with Gasteiger partial charge in [0.1, 0.15) is 0 Å². The molecule has 1 saturated carbocycles. The number of aryl methyl sites for hydroxylation is 2. The van der Waals surface area contributed by atoms with Gasteiger partial charge in [-0.1, -0.05) is 12.1 Å². The molecule has 0 saturated heterocycles. The minimum absolute atomic E-state index is 0.396. The molecule has 1 aliphatic carbocycles. The average molecular weight is 242 g/mol. The Balaban J connectivity index is 2.26. The summed E-state index contributed by atoms with van der Waals surface area (Å²) in [5, 5.41) is 4.82. The number of aromatic nitrogens is 1. The lowest BCUT2D eigenvalue weighted by atomic mass is 9.92. The molecule has 18 heavy (non-hydrogen) atoms. The molecule has 0 atom stereocenters. The Kier molecular flexibility index (Phi) is 2.53. The van der Waals surface area contributed by atoms with Gasteiger partial charge in [0.25, 0.3) is 0 Å². The number of hydrogen-bond acceptors (Lipinski definition) is 1. The smallest absolute Gasteiger partial charge is 0.0485 e. The van der Waals surface area contributed by atoms with Gasteiger partial charge in [0.2, 0.25) is 0 Å². The van der Waals surface area contributed by atoms with Crippen LogP contribution >= 0.6 is 0 Å². The minimum Gasteiger partial charge on any atom is -0.348 e. The van der Waals surface area contributed by atoms with Crippen LogP contribution in [0.1, 0.15) is 29.7 Å². The second kappa shape index (κ2) is 3.86. The van der Waals surface area contributed by atoms with Gasteiger partial charge in [-0.25, -0.2) is 0 Å². The van der Waals surface area contributed by atoms with Crippen LogP contribution in [0, 0.1) is 13.8 Å². The SMILES string of the molecule is CNCC1(c2c(C)n(C)c3cc(C)ccc23)CC1. The molecule has 1 aliphatic rings. The zero-order valence-corrected chi connectivity index (χ0v) is 11.8. The number of rotatable bonds is 3. The van der Waals surface area contributed by atoms with E-state index in [2.05, 4.69) is 56.0 Å². The molecule has 0 amide bonds. The molecule has 1 heterocycles. The fourth-order valence-corrected chi connectivity index (χ4v) is 3.35. The lowest BCUT2D eigenvalue weighted by Crippen LogP contribution is -2.24. The summed E-state index contributed by atoms with van der Waals surface area (Å²) >= 11 is 0. The third-order valence-corrected chi connectivity index (χ3v) is 4.55. The van der Waals surface area contributed by atoms with E-state index >= 15 is 0 Å². The summed E-state index contributed by atoms with van der Waals surface area (Å²) in [5.74, 6) is 0. The molecule has 1 aromatic carbocycles. The van der Waals surface area contributed by atoms with Gasteiger partial charge in [0.05, 0.1) is 0 Å². The van der Waals surface area contributed by atoms with E-state index in [1.54, 1.807) is 5.56 Å². The number of benzene rings is 1. The molecule has 0 bridgehead atoms. The van der Waals surface area contributed by atoms with Gasteiger partial charge in [-0.3, -0.25) is 0 Å². The van der Waals surface area contributed by atoms with Crippen LogP contribution in [0.2, 0.25) is 0 Å². The molecule has 0 aliphatic heterocycles. The molecular weight excluding hydrogens is 220 g/mol. The normalized spacial score (nSPS) is 17.3. The van der Waals surface area contributed by atoms with Gasteiger partial charge in [0, 0.05) is 35.6 Å². The molecule has 2 nitrogen and oxygen atoms in total. The molecule has 96 valence electrons. The van der Waals surface area contributed by atoms with Gasteiger partial charge in [0.15, 0.2) is 0 Å². The van der Waals surface area contributed by atoms with Crippen molar-refractivity contribution in [2.24, 2.45) is 7.05 Å². The van der Waals surface area contributed by atoms with Crippen molar-refractivity contribution >= 4 is 10.9 Å². The van der Waals surface area contributed by atoms with Crippen LogP contribution < -0.4 is 5.32 Å². The number of likely N-dealkylation sites (N-methyl/N-ethyl adjacent to an activating group) is 1. The minimum atomic E-state index is 0.396. The van der Waals surface area contributed by atoms with Crippen LogP contribution in [-0.2, 0) is 12.5 Å². The van der Waals surface area contributed by atoms with Gasteiger partial charge < -0.3 is 9.88 Å². The third-order valence-electron chi connectivity index (χ3n) is 4.55. The van der Waals surface area contributed by atoms with E-state index in [1.165, 1.54) is 35.0 Å². The summed E-state index contributed by atoms with van der Waals surface area (Å²) in [7, 11) is 4.25. The molecule has 3 rings (SSSR count). The van der Waals surface area contributed by atoms with E-state index < -0.39 is 0 Å². The summed E-state index contributed by atoms with van der Waals surface area (Å²) in [5.41, 5.74) is 6.13. The van der Waals surface area contributed by atoms with E-state index in [-0.39, 0.29) is 0 Å². The Hall–Kier alpha value is -1.28. The Morgan fingerprint density at radius 3 is 2.61 bits per heavy atom. The topological polar surface area (TPSA) is 17.0 Å². The maximum atomic E-state index is 3.37. The van der Waals surface area contributed by atoms with Crippen LogP contribution in [0.3, 0.4) is 0 Å². The van der Waals surface area contributed by atoms with E-state index in [4.69, 9.17) is 0 Å². The molecule has 0 spiro atoms. The van der Waals surface area contributed by atoms with Crippen molar-refractivity contribution in [3.63, 3.8) is 0 Å². The quantitative estimate of drug-likeness (QED) is 0.875. The van der Waals surface area contributed by atoms with E-state index in [1.807, 2.05) is 0 Å². The van der Waals surface area contributed by atoms with Crippen LogP contribution in [0.5, 0.6) is 0 Å². The first-order chi connectivity index (χ1) is 8.59. The maximum absolute atomic E-state index is 3.37. The molecule has 1 aromatic heterocycles. The van der Waals surface area contributed by atoms with E-state index in [9.17, 15) is 0 Å². The molecule has 0 radical (unpaired) electrons. The zero-order valence-electron chi connectivity index (χ0n) is 11.8. The van der Waals surface area contributed by atoms with Crippen LogP contribution in [0.15, 0.2) is 18.2 Å². The molecule has 1 N–H and O–H groups in total. The Labute approximate surface area is 109 Å². The van der Waals surface area contributed by atoms with Gasteiger partial charge >= 0.3 is 0 Å². The predicted molar refractivity (Wildman–Crippen MR) is 77.2 cm³/mol. The highest BCUT2D eigenvalue weighted by Crippen LogP contribution is 2.51. The first kappa shape index (κ1) is 11.8. The highest BCUT2D eigenvalue weighted by Gasteiger charge is 2.46. The van der Waals surface area contributed by atoms with Crippen molar-refractivity contribution < 1.29 is 0 Å². The van der Waals surface area contributed by atoms with Crippen LogP contribution in [0.25, 0.3) is 10.9 Å². The molecule has 0 unspecified atom stereocenters. The summed E-state index contributed by atoms with van der Waals surface area (Å²) < 4.78 is 2.35. The van der Waals surface area contributed by atoms with Crippen LogP contribution in [-0.4, -0.2) is 18.2 Å². The van der Waals surface area contributed by atoms with Crippen molar-refractivity contribution in [1.82, 2.24) is 9.88 Å². The van der Waals surface area contributed by atoms with Gasteiger partial charge in [-0.05, 0) is 50.9 Å². The molecule has 2 aromatic rings. The van der Waals surface area contributed by atoms with Crippen molar-refractivity contribution in [3.05, 3.63) is 35.0 Å². The standard InChI is InChI=1S/C16H22N2/c1-11-5-6-13-14(9-11)18(4)12(2)15(13)16(7-8-16)10-17-3/h5-6,9,17H,7-8,10H2,1-4H3. The fourth-order valence-electron chi connectivity index (χ4n) is 3.35. The number of nitrogens with one attached hydrogen (secondary N) is 1. The number of hydrogen-bond donors (Lipinski definition) is 1. The molecule has 1 fully saturated rings. The average Bonchev–Trinajstić information content (AvgIpc) is 3.06. The van der Waals surface area contributed by atoms with Crippen molar-refractivity contribution in [2.75, 3.05) is 13.6 Å². The third kappa shape index (κ3) is 1.52. The highest BCUT2D eigenvalue weighted by molar-refractivity contribution is 5.87. The van der Waals surface area contributed by atoms with Crippen molar-refractivity contribution in [1.29, 1.82) is 0 Å². The lowest BCUT2D eigenvalue weighted by molar-refractivity contribution is 0.621. The Morgan fingerprint density at radius 2 is 2.00 bits per heavy atom. The van der Waals surface area contributed by atoms with E-state index in [0.29, 0.717) is 5.41 Å². The number of nitrogens with zero attached hydrogens (tertiary/aromatic N) is 1. The lowest BCUT2D eigenvalue weighted by Gasteiger charge is -2.16. The largest absolute Gasteiger partial charge is 0.348 e. The van der Waals surface area contributed by atoms with E-state index in [0.717, 1.165) is 6.54 Å². The maximum Gasteiger partial charge on any atom is 0.0485 e. The van der Waals surface area contributed by atoms with Gasteiger partial charge in [-0.2, -0.15) is 0 Å². The highest BCUT2D eigenvalue weighted by atomic mass is 15.0. The zero-order chi connectivity index (χ0) is 12.9. The Bertz CT molecular complexity index is 603. The van der Waals surface area contributed by atoms with Crippen molar-refractivity contribution in [3.8, 4) is 0 Å². The monoisotopic (exact) mass is 242 g/mol. The summed E-state index contributed by atoms with van der Waals surface area (Å²) in [6.45, 7) is 5.53.